The quantitative estimate of drug-likeness (QED) is 0.539. The zero-order chi connectivity index (χ0) is 19.9. The molecule has 0 aliphatic heterocycles. The number of methoxy groups -OCH3 is 1. The minimum absolute atomic E-state index is 0.0215. The van der Waals surface area contributed by atoms with Crippen LogP contribution in [0, 0.1) is 6.92 Å². The van der Waals surface area contributed by atoms with Crippen molar-refractivity contribution in [2.45, 2.75) is 25.3 Å². The number of thioether (sulfide) groups is 1. The molecule has 6 heteroatoms. The van der Waals surface area contributed by atoms with E-state index in [0.717, 1.165) is 38.7 Å². The Morgan fingerprint density at radius 1 is 1.18 bits per heavy atom. The van der Waals surface area contributed by atoms with Crippen molar-refractivity contribution in [3.8, 4) is 11.5 Å². The molecule has 2 aromatic carbocycles. The van der Waals surface area contributed by atoms with Crippen molar-refractivity contribution in [3.05, 3.63) is 54.1 Å². The summed E-state index contributed by atoms with van der Waals surface area (Å²) in [7, 11) is 1.65. The maximum absolute atomic E-state index is 12.2. The van der Waals surface area contributed by atoms with E-state index in [1.54, 1.807) is 18.9 Å². The molecule has 1 aromatic heterocycles. The zero-order valence-electron chi connectivity index (χ0n) is 16.3. The number of nitrogens with one attached hydrogen (secondary N) is 1. The average molecular weight is 397 g/mol. The Morgan fingerprint density at radius 3 is 2.68 bits per heavy atom. The van der Waals surface area contributed by atoms with E-state index >= 15 is 0 Å². The van der Waals surface area contributed by atoms with Gasteiger partial charge in [0.25, 0.3) is 0 Å². The highest BCUT2D eigenvalue weighted by molar-refractivity contribution is 7.99. The molecule has 5 nitrogen and oxygen atoms in total. The van der Waals surface area contributed by atoms with Crippen LogP contribution in [0.1, 0.15) is 18.9 Å². The van der Waals surface area contributed by atoms with Crippen molar-refractivity contribution >= 4 is 34.3 Å². The Bertz CT molecular complexity index is 958. The number of rotatable bonds is 8. The molecule has 0 spiro atoms. The monoisotopic (exact) mass is 396 g/mol. The van der Waals surface area contributed by atoms with E-state index in [2.05, 4.69) is 18.3 Å². The lowest BCUT2D eigenvalue weighted by molar-refractivity contribution is -0.115. The topological polar surface area (TPSA) is 60.5 Å². The fraction of sp³-hybridized carbons (Fsp3) is 0.273. The van der Waals surface area contributed by atoms with Gasteiger partial charge in [-0.25, -0.2) is 4.98 Å². The van der Waals surface area contributed by atoms with Crippen LogP contribution >= 0.6 is 11.8 Å². The van der Waals surface area contributed by atoms with Crippen LogP contribution in [0.25, 0.3) is 10.9 Å². The molecular formula is C22H24N2O3S. The van der Waals surface area contributed by atoms with Gasteiger partial charge >= 0.3 is 0 Å². The van der Waals surface area contributed by atoms with Gasteiger partial charge in [-0.05, 0) is 55.8 Å². The third kappa shape index (κ3) is 4.95. The second kappa shape index (κ2) is 9.46. The van der Waals surface area contributed by atoms with Crippen LogP contribution in [0.3, 0.4) is 0 Å². The lowest BCUT2D eigenvalue weighted by atomic mass is 10.1. The van der Waals surface area contributed by atoms with Crippen molar-refractivity contribution in [1.29, 1.82) is 0 Å². The van der Waals surface area contributed by atoms with Gasteiger partial charge in [-0.15, -0.1) is 11.8 Å². The number of carbonyl (C=O) groups is 1. The molecule has 146 valence electrons. The van der Waals surface area contributed by atoms with Gasteiger partial charge in [0.05, 0.1) is 18.7 Å². The predicted molar refractivity (Wildman–Crippen MR) is 115 cm³/mol. The average Bonchev–Trinajstić information content (AvgIpc) is 2.69. The molecule has 3 rings (SSSR count). The number of fused-ring (bicyclic) bond motifs is 1. The van der Waals surface area contributed by atoms with E-state index in [-0.39, 0.29) is 5.91 Å². The van der Waals surface area contributed by atoms with E-state index in [4.69, 9.17) is 14.5 Å². The van der Waals surface area contributed by atoms with Crippen molar-refractivity contribution in [1.82, 2.24) is 4.98 Å². The first-order valence-corrected chi connectivity index (χ1v) is 10.2. The number of para-hydroxylation sites is 1. The first-order chi connectivity index (χ1) is 13.6. The van der Waals surface area contributed by atoms with Crippen LogP contribution in [0.4, 0.5) is 5.69 Å². The summed E-state index contributed by atoms with van der Waals surface area (Å²) in [6, 6.07) is 15.4. The molecule has 1 N–H and O–H groups in total. The van der Waals surface area contributed by atoms with Gasteiger partial charge in [0.1, 0.15) is 17.0 Å². The van der Waals surface area contributed by atoms with Crippen LogP contribution in [-0.2, 0) is 4.79 Å². The van der Waals surface area contributed by atoms with E-state index in [1.165, 1.54) is 0 Å². The third-order valence-corrected chi connectivity index (χ3v) is 5.15. The van der Waals surface area contributed by atoms with Crippen molar-refractivity contribution in [3.63, 3.8) is 0 Å². The van der Waals surface area contributed by atoms with Crippen LogP contribution < -0.4 is 14.8 Å². The van der Waals surface area contributed by atoms with Gasteiger partial charge < -0.3 is 14.8 Å². The van der Waals surface area contributed by atoms with Gasteiger partial charge in [0, 0.05) is 23.2 Å². The number of benzene rings is 2. The number of hydrogen-bond donors (Lipinski definition) is 1. The lowest BCUT2D eigenvalue weighted by Gasteiger charge is -2.10. The molecule has 1 heterocycles. The summed E-state index contributed by atoms with van der Waals surface area (Å²) in [5.41, 5.74) is 2.76. The van der Waals surface area contributed by atoms with E-state index < -0.39 is 0 Å². The van der Waals surface area contributed by atoms with Crippen molar-refractivity contribution in [2.24, 2.45) is 0 Å². The molecule has 3 aromatic rings. The molecular weight excluding hydrogens is 372 g/mol. The number of ether oxygens (including phenoxy) is 2. The molecule has 0 aliphatic rings. The number of aryl methyl sites for hydroxylation is 1. The summed E-state index contributed by atoms with van der Waals surface area (Å²) in [5.74, 6) is 2.18. The Balaban J connectivity index is 1.57. The maximum atomic E-state index is 12.2. The fourth-order valence-electron chi connectivity index (χ4n) is 2.87. The standard InChI is InChI=1S/C22H24N2O3S/c1-4-27-17-10-8-16(9-11-17)23-20(25)12-13-28-21-14-15(2)18-6-5-7-19(26-3)22(18)24-21/h5-11,14H,4,12-13H2,1-3H3,(H,23,25). The van der Waals surface area contributed by atoms with Crippen molar-refractivity contribution < 1.29 is 14.3 Å². The zero-order valence-corrected chi connectivity index (χ0v) is 17.1. The Morgan fingerprint density at radius 2 is 1.96 bits per heavy atom. The second-order valence-corrected chi connectivity index (χ2v) is 7.35. The highest BCUT2D eigenvalue weighted by atomic mass is 32.2. The molecule has 0 atom stereocenters. The number of nitrogens with zero attached hydrogens (tertiary/aromatic N) is 1. The van der Waals surface area contributed by atoms with E-state index in [1.807, 2.05) is 49.4 Å². The maximum Gasteiger partial charge on any atom is 0.225 e. The number of aromatic nitrogens is 1. The molecule has 0 saturated heterocycles. The SMILES string of the molecule is CCOc1ccc(NC(=O)CCSc2cc(C)c3cccc(OC)c3n2)cc1. The molecule has 1 amide bonds. The van der Waals surface area contributed by atoms with Crippen LogP contribution in [0.2, 0.25) is 0 Å². The summed E-state index contributed by atoms with van der Waals surface area (Å²) in [6.07, 6.45) is 0.405. The summed E-state index contributed by atoms with van der Waals surface area (Å²) in [4.78, 5) is 16.9. The number of anilines is 1. The van der Waals surface area contributed by atoms with Crippen LogP contribution in [-0.4, -0.2) is 30.4 Å². The lowest BCUT2D eigenvalue weighted by Crippen LogP contribution is -2.12. The van der Waals surface area contributed by atoms with Gasteiger partial charge in [-0.2, -0.15) is 0 Å². The first-order valence-electron chi connectivity index (χ1n) is 9.20. The Labute approximate surface area is 169 Å². The summed E-state index contributed by atoms with van der Waals surface area (Å²) in [6.45, 7) is 4.62. The highest BCUT2D eigenvalue weighted by Gasteiger charge is 2.09. The van der Waals surface area contributed by atoms with Crippen LogP contribution in [0.15, 0.2) is 53.6 Å². The van der Waals surface area contributed by atoms with Gasteiger partial charge in [-0.1, -0.05) is 12.1 Å². The van der Waals surface area contributed by atoms with Crippen molar-refractivity contribution in [2.75, 3.05) is 24.8 Å². The fourth-order valence-corrected chi connectivity index (χ4v) is 3.79. The van der Waals surface area contributed by atoms with Gasteiger partial charge in [0.2, 0.25) is 5.91 Å². The smallest absolute Gasteiger partial charge is 0.225 e. The highest BCUT2D eigenvalue weighted by Crippen LogP contribution is 2.29. The number of amides is 1. The molecule has 0 saturated carbocycles. The van der Waals surface area contributed by atoms with Gasteiger partial charge in [-0.3, -0.25) is 4.79 Å². The normalized spacial score (nSPS) is 10.7. The van der Waals surface area contributed by atoms with Gasteiger partial charge in [0.15, 0.2) is 0 Å². The molecule has 0 bridgehead atoms. The number of pyridine rings is 1. The molecule has 0 radical (unpaired) electrons. The Hall–Kier alpha value is -2.73. The summed E-state index contributed by atoms with van der Waals surface area (Å²) >= 11 is 1.57. The molecule has 0 aliphatic carbocycles. The molecule has 28 heavy (non-hydrogen) atoms. The second-order valence-electron chi connectivity index (χ2n) is 6.24. The summed E-state index contributed by atoms with van der Waals surface area (Å²) in [5, 5.41) is 4.88. The molecule has 0 unspecified atom stereocenters. The number of carbonyl (C=O) groups excluding carboxylic acids is 1. The van der Waals surface area contributed by atoms with E-state index in [0.29, 0.717) is 18.8 Å². The minimum atomic E-state index is -0.0215. The largest absolute Gasteiger partial charge is 0.494 e. The minimum Gasteiger partial charge on any atom is -0.494 e. The predicted octanol–water partition coefficient (Wildman–Crippen LogP) is 5.07. The molecule has 0 fully saturated rings. The van der Waals surface area contributed by atoms with Crippen LogP contribution in [0.5, 0.6) is 11.5 Å². The first kappa shape index (κ1) is 20.0. The Kier molecular flexibility index (Phi) is 6.76. The summed E-state index contributed by atoms with van der Waals surface area (Å²) < 4.78 is 10.8. The number of hydrogen-bond acceptors (Lipinski definition) is 5. The third-order valence-electron chi connectivity index (χ3n) is 4.23. The van der Waals surface area contributed by atoms with E-state index in [9.17, 15) is 4.79 Å².